The van der Waals surface area contributed by atoms with E-state index in [-0.39, 0.29) is 23.8 Å². The molecule has 3 atom stereocenters. The molecule has 8 heteroatoms. The van der Waals surface area contributed by atoms with Crippen LogP contribution in [0.5, 0.6) is 0 Å². The lowest BCUT2D eigenvalue weighted by molar-refractivity contribution is 0.0406. The molecule has 0 radical (unpaired) electrons. The molecule has 1 saturated heterocycles. The molecule has 6 nitrogen and oxygen atoms in total. The first-order valence-corrected chi connectivity index (χ1v) is 10.2. The van der Waals surface area contributed by atoms with Crippen molar-refractivity contribution >= 4 is 22.9 Å². The van der Waals surface area contributed by atoms with Crippen molar-refractivity contribution in [3.8, 4) is 0 Å². The summed E-state index contributed by atoms with van der Waals surface area (Å²) in [6, 6.07) is 13.1. The summed E-state index contributed by atoms with van der Waals surface area (Å²) in [5.74, 6) is -0.321. The lowest BCUT2D eigenvalue weighted by Gasteiger charge is -2.42. The van der Waals surface area contributed by atoms with E-state index in [0.717, 1.165) is 18.7 Å². The van der Waals surface area contributed by atoms with Crippen molar-refractivity contribution in [1.82, 2.24) is 9.80 Å². The van der Waals surface area contributed by atoms with Gasteiger partial charge in [-0.1, -0.05) is 12.1 Å². The average Bonchev–Trinajstić information content (AvgIpc) is 2.67. The van der Waals surface area contributed by atoms with Gasteiger partial charge < -0.3 is 14.2 Å². The monoisotopic (exact) mass is 404 g/mol. The number of nitrogens with one attached hydrogen (secondary N) is 1. The second-order valence-electron chi connectivity index (χ2n) is 6.98. The Labute approximate surface area is 166 Å². The van der Waals surface area contributed by atoms with Crippen LogP contribution in [0.2, 0.25) is 0 Å². The van der Waals surface area contributed by atoms with Gasteiger partial charge in [-0.3, -0.25) is 13.9 Å². The molecule has 3 rings (SSSR count). The average molecular weight is 404 g/mol. The maximum absolute atomic E-state index is 13.2. The summed E-state index contributed by atoms with van der Waals surface area (Å²) in [4.78, 5) is 17.0. The topological polar surface area (TPSA) is 75.7 Å². The molecule has 0 bridgehead atoms. The molecule has 150 valence electrons. The van der Waals surface area contributed by atoms with Crippen molar-refractivity contribution in [2.45, 2.75) is 25.9 Å². The zero-order valence-corrected chi connectivity index (χ0v) is 16.6. The largest absolute Gasteiger partial charge is 0.755 e. The number of piperazine rings is 1. The van der Waals surface area contributed by atoms with Crippen LogP contribution in [0.4, 0.5) is 10.1 Å². The Morgan fingerprint density at radius 2 is 1.82 bits per heavy atom. The minimum absolute atomic E-state index is 0.0242. The molecule has 0 spiro atoms. The fourth-order valence-corrected chi connectivity index (χ4v) is 3.86. The van der Waals surface area contributed by atoms with Gasteiger partial charge >= 0.3 is 0 Å². The lowest BCUT2D eigenvalue weighted by atomic mass is 10.0. The van der Waals surface area contributed by atoms with Crippen LogP contribution in [-0.2, 0) is 11.3 Å². The summed E-state index contributed by atoms with van der Waals surface area (Å²) in [5.41, 5.74) is 1.98. The number of amides is 1. The Balaban J connectivity index is 1.63. The van der Waals surface area contributed by atoms with Gasteiger partial charge in [0, 0.05) is 54.2 Å². The third-order valence-electron chi connectivity index (χ3n) is 5.15. The normalized spacial score (nSPS) is 19.9. The van der Waals surface area contributed by atoms with Crippen molar-refractivity contribution < 1.29 is 17.9 Å². The summed E-state index contributed by atoms with van der Waals surface area (Å²) >= 11 is -2.39. The fourth-order valence-electron chi connectivity index (χ4n) is 3.53. The van der Waals surface area contributed by atoms with Crippen LogP contribution in [-0.4, -0.2) is 50.1 Å². The number of hydrogen-bond donors (Lipinski definition) is 1. The number of anilines is 1. The molecule has 0 aromatic heterocycles. The van der Waals surface area contributed by atoms with Crippen LogP contribution >= 0.6 is 0 Å². The number of benzene rings is 2. The first-order chi connectivity index (χ1) is 13.3. The molecule has 1 heterocycles. The van der Waals surface area contributed by atoms with Crippen LogP contribution in [0, 0.1) is 5.82 Å². The molecular formula is C20H23FN3O3S-. The minimum atomic E-state index is -2.39. The molecule has 2 aromatic rings. The van der Waals surface area contributed by atoms with E-state index in [1.807, 2.05) is 11.8 Å². The fraction of sp³-hybridized carbons (Fsp3) is 0.350. The Hall–Kier alpha value is -2.29. The van der Waals surface area contributed by atoms with E-state index in [2.05, 4.69) is 16.5 Å². The lowest BCUT2D eigenvalue weighted by Crippen LogP contribution is -2.54. The van der Waals surface area contributed by atoms with Crippen molar-refractivity contribution in [2.75, 3.05) is 24.4 Å². The van der Waals surface area contributed by atoms with Crippen LogP contribution < -0.4 is 4.72 Å². The molecule has 2 unspecified atom stereocenters. The number of rotatable bonds is 5. The van der Waals surface area contributed by atoms with E-state index in [1.165, 1.54) is 12.1 Å². The van der Waals surface area contributed by atoms with E-state index in [9.17, 15) is 17.9 Å². The molecule has 28 heavy (non-hydrogen) atoms. The maximum Gasteiger partial charge on any atom is 0.254 e. The summed E-state index contributed by atoms with van der Waals surface area (Å²) in [6.45, 7) is 6.14. The summed E-state index contributed by atoms with van der Waals surface area (Å²) < 4.78 is 36.8. The van der Waals surface area contributed by atoms with Gasteiger partial charge in [0.15, 0.2) is 0 Å². The van der Waals surface area contributed by atoms with Gasteiger partial charge in [-0.05, 0) is 55.8 Å². The second-order valence-corrected chi connectivity index (χ2v) is 7.66. The number of nitrogens with zero attached hydrogens (tertiary/aromatic N) is 2. The van der Waals surface area contributed by atoms with E-state index >= 15 is 0 Å². The Morgan fingerprint density at radius 3 is 2.39 bits per heavy atom. The minimum Gasteiger partial charge on any atom is -0.755 e. The zero-order chi connectivity index (χ0) is 20.3. The molecule has 2 aromatic carbocycles. The maximum atomic E-state index is 13.2. The Kier molecular flexibility index (Phi) is 6.43. The van der Waals surface area contributed by atoms with Gasteiger partial charge in [0.25, 0.3) is 5.91 Å². The van der Waals surface area contributed by atoms with Crippen LogP contribution in [0.25, 0.3) is 0 Å². The first-order valence-electron chi connectivity index (χ1n) is 9.11. The van der Waals surface area contributed by atoms with E-state index < -0.39 is 11.3 Å². The SMILES string of the molecule is CC(c1ccc(F)cc1)N1CCN(C(=O)c2ccc(NS(=O)[O-])cc2)[C@H](C)C1. The predicted molar refractivity (Wildman–Crippen MR) is 106 cm³/mol. The molecule has 1 fully saturated rings. The number of carbonyl (C=O) groups is 1. The van der Waals surface area contributed by atoms with E-state index in [1.54, 1.807) is 36.4 Å². The molecule has 0 saturated carbocycles. The second kappa shape index (κ2) is 8.81. The zero-order valence-electron chi connectivity index (χ0n) is 15.8. The predicted octanol–water partition coefficient (Wildman–Crippen LogP) is 2.94. The van der Waals surface area contributed by atoms with Crippen LogP contribution in [0.3, 0.4) is 0 Å². The highest BCUT2D eigenvalue weighted by molar-refractivity contribution is 7.80. The molecule has 1 N–H and O–H groups in total. The molecule has 1 aliphatic heterocycles. The van der Waals surface area contributed by atoms with Gasteiger partial charge in [0.2, 0.25) is 0 Å². The highest BCUT2D eigenvalue weighted by atomic mass is 32.2. The van der Waals surface area contributed by atoms with Crippen molar-refractivity contribution in [2.24, 2.45) is 0 Å². The van der Waals surface area contributed by atoms with E-state index in [4.69, 9.17) is 0 Å². The molecular weight excluding hydrogens is 381 g/mol. The van der Waals surface area contributed by atoms with Crippen molar-refractivity contribution in [3.05, 3.63) is 65.5 Å². The first kappa shape index (κ1) is 20.4. The third kappa shape index (κ3) is 4.76. The quantitative estimate of drug-likeness (QED) is 0.778. The highest BCUT2D eigenvalue weighted by Gasteiger charge is 2.30. The van der Waals surface area contributed by atoms with Gasteiger partial charge in [0.05, 0.1) is 0 Å². The van der Waals surface area contributed by atoms with Gasteiger partial charge in [-0.15, -0.1) is 0 Å². The third-order valence-corrected chi connectivity index (χ3v) is 5.56. The van der Waals surface area contributed by atoms with Crippen LogP contribution in [0.1, 0.15) is 35.8 Å². The van der Waals surface area contributed by atoms with Crippen molar-refractivity contribution in [1.29, 1.82) is 0 Å². The number of carbonyl (C=O) groups excluding carboxylic acids is 1. The Morgan fingerprint density at radius 1 is 1.18 bits per heavy atom. The highest BCUT2D eigenvalue weighted by Crippen LogP contribution is 2.25. The summed E-state index contributed by atoms with van der Waals surface area (Å²) in [5, 5.41) is 0. The smallest absolute Gasteiger partial charge is 0.254 e. The summed E-state index contributed by atoms with van der Waals surface area (Å²) in [6.07, 6.45) is 0. The molecule has 1 amide bonds. The Bertz CT molecular complexity index is 845. The van der Waals surface area contributed by atoms with Gasteiger partial charge in [0.1, 0.15) is 5.82 Å². The number of hydrogen-bond acceptors (Lipinski definition) is 4. The number of halogens is 1. The van der Waals surface area contributed by atoms with Gasteiger partial charge in [-0.2, -0.15) is 0 Å². The summed E-state index contributed by atoms with van der Waals surface area (Å²) in [7, 11) is 0. The molecule has 0 aliphatic carbocycles. The van der Waals surface area contributed by atoms with Crippen molar-refractivity contribution in [3.63, 3.8) is 0 Å². The van der Waals surface area contributed by atoms with Gasteiger partial charge in [-0.25, -0.2) is 4.39 Å². The standard InChI is InChI=1S/C20H24FN3O3S/c1-14-13-23(15(2)16-3-7-18(21)8-4-16)11-12-24(14)20(25)17-5-9-19(10-6-17)22-28(26)27/h3-10,14-15,22H,11-13H2,1-2H3,(H,26,27)/p-1/t14-,15?/m1/s1. The van der Waals surface area contributed by atoms with E-state index in [0.29, 0.717) is 17.8 Å². The van der Waals surface area contributed by atoms with Crippen LogP contribution in [0.15, 0.2) is 48.5 Å². The molecule has 1 aliphatic rings.